The zero-order valence-corrected chi connectivity index (χ0v) is 12.4. The Balaban J connectivity index is 2.04. The molecule has 0 aliphatic carbocycles. The fraction of sp³-hybridized carbons (Fsp3) is 0.538. The number of nitrogens with zero attached hydrogens (tertiary/aromatic N) is 2. The largest absolute Gasteiger partial charge is 0.384 e. The van der Waals surface area contributed by atoms with Gasteiger partial charge < -0.3 is 4.74 Å². The number of nitro benzene ring substituents is 1. The number of benzene rings is 1. The molecule has 2 rings (SSSR count). The van der Waals surface area contributed by atoms with Gasteiger partial charge in [0, 0.05) is 26.3 Å². The van der Waals surface area contributed by atoms with E-state index in [0.29, 0.717) is 10.4 Å². The molecule has 1 saturated heterocycles. The first-order valence-corrected chi connectivity index (χ1v) is 7.04. The van der Waals surface area contributed by atoms with Crippen molar-refractivity contribution in [2.45, 2.75) is 13.0 Å². The first kappa shape index (κ1) is 14.4. The second kappa shape index (κ2) is 6.45. The molecular formula is C13H17BrN2O3. The standard InChI is InChI=1S/C13H17BrN2O3/c1-19-9-10-5-6-15(7-10)8-11-3-2-4-12(13(11)14)16(17)18/h2-4,10H,5-9H2,1H3. The van der Waals surface area contributed by atoms with Crippen LogP contribution in [0.4, 0.5) is 5.69 Å². The summed E-state index contributed by atoms with van der Waals surface area (Å²) in [5.74, 6) is 0.572. The van der Waals surface area contributed by atoms with Gasteiger partial charge in [-0.15, -0.1) is 0 Å². The summed E-state index contributed by atoms with van der Waals surface area (Å²) >= 11 is 3.34. The van der Waals surface area contributed by atoms with E-state index in [1.54, 1.807) is 13.2 Å². The van der Waals surface area contributed by atoms with Crippen LogP contribution in [0.25, 0.3) is 0 Å². The van der Waals surface area contributed by atoms with Crippen molar-refractivity contribution in [2.75, 3.05) is 26.8 Å². The van der Waals surface area contributed by atoms with Crippen LogP contribution in [0.3, 0.4) is 0 Å². The number of hydrogen-bond acceptors (Lipinski definition) is 4. The Kier molecular flexibility index (Phi) is 4.90. The molecule has 0 aromatic heterocycles. The van der Waals surface area contributed by atoms with Gasteiger partial charge in [0.25, 0.3) is 5.69 Å². The summed E-state index contributed by atoms with van der Waals surface area (Å²) in [6.45, 7) is 3.53. The summed E-state index contributed by atoms with van der Waals surface area (Å²) < 4.78 is 5.77. The average Bonchev–Trinajstić information content (AvgIpc) is 2.79. The third kappa shape index (κ3) is 3.52. The summed E-state index contributed by atoms with van der Waals surface area (Å²) in [6.07, 6.45) is 1.13. The van der Waals surface area contributed by atoms with E-state index in [9.17, 15) is 10.1 Å². The molecule has 104 valence electrons. The number of nitro groups is 1. The molecule has 1 aromatic rings. The highest BCUT2D eigenvalue weighted by Gasteiger charge is 2.24. The lowest BCUT2D eigenvalue weighted by Gasteiger charge is -2.16. The van der Waals surface area contributed by atoms with Gasteiger partial charge in [-0.3, -0.25) is 15.0 Å². The van der Waals surface area contributed by atoms with Crippen molar-refractivity contribution in [3.63, 3.8) is 0 Å². The van der Waals surface area contributed by atoms with Gasteiger partial charge in [-0.05, 0) is 40.4 Å². The van der Waals surface area contributed by atoms with Gasteiger partial charge in [0.2, 0.25) is 0 Å². The molecule has 0 bridgehead atoms. The molecule has 1 aliphatic rings. The Morgan fingerprint density at radius 3 is 3.05 bits per heavy atom. The van der Waals surface area contributed by atoms with E-state index in [4.69, 9.17) is 4.74 Å². The third-order valence-electron chi connectivity index (χ3n) is 3.42. The summed E-state index contributed by atoms with van der Waals surface area (Å²) in [4.78, 5) is 12.9. The highest BCUT2D eigenvalue weighted by atomic mass is 79.9. The maximum absolute atomic E-state index is 10.9. The van der Waals surface area contributed by atoms with E-state index >= 15 is 0 Å². The smallest absolute Gasteiger partial charge is 0.283 e. The summed E-state index contributed by atoms with van der Waals surface area (Å²) in [5.41, 5.74) is 1.09. The van der Waals surface area contributed by atoms with E-state index in [2.05, 4.69) is 20.8 Å². The average molecular weight is 329 g/mol. The number of halogens is 1. The van der Waals surface area contributed by atoms with Crippen LogP contribution in [-0.2, 0) is 11.3 Å². The normalized spacial score (nSPS) is 19.8. The lowest BCUT2D eigenvalue weighted by atomic mass is 10.1. The van der Waals surface area contributed by atoms with Crippen molar-refractivity contribution in [2.24, 2.45) is 5.92 Å². The summed E-state index contributed by atoms with van der Waals surface area (Å²) in [6, 6.07) is 5.19. The molecule has 0 N–H and O–H groups in total. The minimum atomic E-state index is -0.356. The van der Waals surface area contributed by atoms with E-state index in [1.807, 2.05) is 6.07 Å². The molecule has 1 aliphatic heterocycles. The van der Waals surface area contributed by atoms with Crippen LogP contribution in [0.2, 0.25) is 0 Å². The fourth-order valence-electron chi connectivity index (χ4n) is 2.50. The summed E-state index contributed by atoms with van der Waals surface area (Å²) in [5, 5.41) is 10.9. The van der Waals surface area contributed by atoms with Crippen LogP contribution in [0.15, 0.2) is 22.7 Å². The third-order valence-corrected chi connectivity index (χ3v) is 4.34. The van der Waals surface area contributed by atoms with Crippen LogP contribution in [0.5, 0.6) is 0 Å². The summed E-state index contributed by atoms with van der Waals surface area (Å²) in [7, 11) is 1.72. The Bertz CT molecular complexity index is 467. The van der Waals surface area contributed by atoms with E-state index in [-0.39, 0.29) is 10.6 Å². The number of hydrogen-bond donors (Lipinski definition) is 0. The van der Waals surface area contributed by atoms with Gasteiger partial charge in [0.05, 0.1) is 16.0 Å². The van der Waals surface area contributed by atoms with Crippen LogP contribution < -0.4 is 0 Å². The highest BCUT2D eigenvalue weighted by Crippen LogP contribution is 2.30. The molecule has 1 fully saturated rings. The second-order valence-electron chi connectivity index (χ2n) is 4.85. The first-order chi connectivity index (χ1) is 9.11. The van der Waals surface area contributed by atoms with Crippen molar-refractivity contribution in [3.8, 4) is 0 Å². The predicted molar refractivity (Wildman–Crippen MR) is 76.1 cm³/mol. The number of rotatable bonds is 5. The maximum atomic E-state index is 10.9. The number of ether oxygens (including phenoxy) is 1. The van der Waals surface area contributed by atoms with Crippen LogP contribution in [0, 0.1) is 16.0 Å². The highest BCUT2D eigenvalue weighted by molar-refractivity contribution is 9.10. The Hall–Kier alpha value is -0.980. The molecule has 0 spiro atoms. The SMILES string of the molecule is COCC1CCN(Cc2cccc([N+](=O)[O-])c2Br)C1. The Morgan fingerprint density at radius 2 is 2.37 bits per heavy atom. The first-order valence-electron chi connectivity index (χ1n) is 6.25. The molecule has 1 atom stereocenters. The van der Waals surface area contributed by atoms with E-state index < -0.39 is 0 Å². The molecule has 6 heteroatoms. The lowest BCUT2D eigenvalue weighted by Crippen LogP contribution is -2.21. The zero-order valence-electron chi connectivity index (χ0n) is 10.8. The Labute approximate surface area is 120 Å². The molecule has 1 heterocycles. The Morgan fingerprint density at radius 1 is 1.58 bits per heavy atom. The molecule has 0 radical (unpaired) electrons. The van der Waals surface area contributed by atoms with Crippen LogP contribution >= 0.6 is 15.9 Å². The van der Waals surface area contributed by atoms with Gasteiger partial charge in [-0.25, -0.2) is 0 Å². The lowest BCUT2D eigenvalue weighted by molar-refractivity contribution is -0.385. The molecular weight excluding hydrogens is 312 g/mol. The predicted octanol–water partition coefficient (Wildman–Crippen LogP) is 2.83. The van der Waals surface area contributed by atoms with Gasteiger partial charge in [-0.1, -0.05) is 12.1 Å². The van der Waals surface area contributed by atoms with Crippen LogP contribution in [0.1, 0.15) is 12.0 Å². The minimum absolute atomic E-state index is 0.130. The molecule has 0 saturated carbocycles. The zero-order chi connectivity index (χ0) is 13.8. The quantitative estimate of drug-likeness (QED) is 0.616. The molecule has 19 heavy (non-hydrogen) atoms. The van der Waals surface area contributed by atoms with Crippen molar-refractivity contribution < 1.29 is 9.66 Å². The van der Waals surface area contributed by atoms with E-state index in [0.717, 1.165) is 38.2 Å². The maximum Gasteiger partial charge on any atom is 0.283 e. The monoisotopic (exact) mass is 328 g/mol. The van der Waals surface area contributed by atoms with Gasteiger partial charge >= 0.3 is 0 Å². The van der Waals surface area contributed by atoms with Gasteiger partial charge in [0.15, 0.2) is 0 Å². The fourth-order valence-corrected chi connectivity index (χ4v) is 3.03. The van der Waals surface area contributed by atoms with Crippen molar-refractivity contribution in [1.82, 2.24) is 4.90 Å². The van der Waals surface area contributed by atoms with Gasteiger partial charge in [0.1, 0.15) is 0 Å². The number of methoxy groups -OCH3 is 1. The van der Waals surface area contributed by atoms with Gasteiger partial charge in [-0.2, -0.15) is 0 Å². The number of likely N-dealkylation sites (tertiary alicyclic amines) is 1. The minimum Gasteiger partial charge on any atom is -0.384 e. The van der Waals surface area contributed by atoms with Crippen LogP contribution in [-0.4, -0.2) is 36.6 Å². The molecule has 5 nitrogen and oxygen atoms in total. The molecule has 1 unspecified atom stereocenters. The topological polar surface area (TPSA) is 55.6 Å². The molecule has 0 amide bonds. The van der Waals surface area contributed by atoms with E-state index in [1.165, 1.54) is 6.07 Å². The van der Waals surface area contributed by atoms with Crippen molar-refractivity contribution in [1.29, 1.82) is 0 Å². The molecule has 1 aromatic carbocycles. The van der Waals surface area contributed by atoms with Crippen molar-refractivity contribution in [3.05, 3.63) is 38.3 Å². The second-order valence-corrected chi connectivity index (χ2v) is 5.65. The van der Waals surface area contributed by atoms with Crippen molar-refractivity contribution >= 4 is 21.6 Å².